The summed E-state index contributed by atoms with van der Waals surface area (Å²) in [6.07, 6.45) is 2.45. The van der Waals surface area contributed by atoms with E-state index < -0.39 is 6.10 Å². The fourth-order valence-electron chi connectivity index (χ4n) is 1.96. The Balaban J connectivity index is 1.95. The largest absolute Gasteiger partial charge is 0.481 e. The van der Waals surface area contributed by atoms with Gasteiger partial charge in [0.25, 0.3) is 5.91 Å². The molecule has 0 aliphatic rings. The first-order chi connectivity index (χ1) is 11.2. The van der Waals surface area contributed by atoms with Crippen molar-refractivity contribution in [2.24, 2.45) is 5.10 Å². The smallest absolute Gasteiger partial charge is 0.281 e. The molecule has 0 aromatic heterocycles. The van der Waals surface area contributed by atoms with E-state index in [9.17, 15) is 4.79 Å². The van der Waals surface area contributed by atoms with Crippen molar-refractivity contribution in [2.45, 2.75) is 25.9 Å². The molecule has 0 aliphatic carbocycles. The molecule has 120 valence electrons. The highest BCUT2D eigenvalue weighted by Crippen LogP contribution is 2.18. The van der Waals surface area contributed by atoms with E-state index in [1.54, 1.807) is 30.5 Å². The van der Waals surface area contributed by atoms with Crippen LogP contribution in [0.1, 0.15) is 25.3 Å². The van der Waals surface area contributed by atoms with Crippen molar-refractivity contribution in [1.82, 2.24) is 5.43 Å². The average Bonchev–Trinajstić information content (AvgIpc) is 2.57. The number of ether oxygens (including phenoxy) is 1. The lowest BCUT2D eigenvalue weighted by atomic mass is 10.2. The summed E-state index contributed by atoms with van der Waals surface area (Å²) in [6, 6.07) is 16.5. The van der Waals surface area contributed by atoms with Crippen LogP contribution in [0.4, 0.5) is 0 Å². The van der Waals surface area contributed by atoms with Crippen LogP contribution >= 0.6 is 11.6 Å². The zero-order valence-corrected chi connectivity index (χ0v) is 13.7. The van der Waals surface area contributed by atoms with Crippen molar-refractivity contribution in [3.8, 4) is 5.75 Å². The molecule has 0 saturated heterocycles. The van der Waals surface area contributed by atoms with Crippen molar-refractivity contribution < 1.29 is 9.53 Å². The molecule has 1 atom stereocenters. The Morgan fingerprint density at radius 1 is 1.22 bits per heavy atom. The first kappa shape index (κ1) is 17.0. The number of nitrogens with zero attached hydrogens (tertiary/aromatic N) is 1. The summed E-state index contributed by atoms with van der Waals surface area (Å²) in [7, 11) is 0. The molecule has 4 nitrogen and oxygen atoms in total. The van der Waals surface area contributed by atoms with Crippen LogP contribution in [-0.2, 0) is 4.79 Å². The second-order valence-corrected chi connectivity index (χ2v) is 5.43. The summed E-state index contributed by atoms with van der Waals surface area (Å²) >= 11 is 5.84. The van der Waals surface area contributed by atoms with Gasteiger partial charge in [-0.1, -0.05) is 55.3 Å². The fourth-order valence-corrected chi connectivity index (χ4v) is 2.09. The monoisotopic (exact) mass is 330 g/mol. The van der Waals surface area contributed by atoms with Crippen LogP contribution < -0.4 is 10.2 Å². The minimum absolute atomic E-state index is 0.269. The average molecular weight is 331 g/mol. The Labute approximate surface area is 141 Å². The summed E-state index contributed by atoms with van der Waals surface area (Å²) in [4.78, 5) is 12.2. The number of hydrogen-bond acceptors (Lipinski definition) is 3. The van der Waals surface area contributed by atoms with Gasteiger partial charge in [-0.15, -0.1) is 0 Å². The fraction of sp³-hybridized carbons (Fsp3) is 0.222. The van der Waals surface area contributed by atoms with Gasteiger partial charge in [0.05, 0.1) is 6.21 Å². The SMILES string of the molecule is CCCC(Oc1ccc(Cl)cc1)C(=O)NN=Cc1ccccc1. The van der Waals surface area contributed by atoms with Crippen LogP contribution in [0.2, 0.25) is 5.02 Å². The molecule has 1 amide bonds. The topological polar surface area (TPSA) is 50.7 Å². The molecule has 2 rings (SSSR count). The molecule has 0 radical (unpaired) electrons. The Morgan fingerprint density at radius 3 is 2.57 bits per heavy atom. The number of nitrogens with one attached hydrogen (secondary N) is 1. The highest BCUT2D eigenvalue weighted by atomic mass is 35.5. The second kappa shape index (κ2) is 8.96. The molecule has 0 saturated carbocycles. The van der Waals surface area contributed by atoms with Crippen LogP contribution in [0.3, 0.4) is 0 Å². The molecule has 2 aromatic rings. The lowest BCUT2D eigenvalue weighted by molar-refractivity contribution is -0.128. The van der Waals surface area contributed by atoms with Crippen molar-refractivity contribution >= 4 is 23.7 Å². The molecule has 0 bridgehead atoms. The van der Waals surface area contributed by atoms with Gasteiger partial charge in [-0.05, 0) is 36.2 Å². The van der Waals surface area contributed by atoms with Crippen LogP contribution in [0, 0.1) is 0 Å². The number of rotatable bonds is 7. The van der Waals surface area contributed by atoms with Gasteiger partial charge in [-0.25, -0.2) is 5.43 Å². The zero-order valence-electron chi connectivity index (χ0n) is 12.9. The third-order valence-corrected chi connectivity index (χ3v) is 3.38. The van der Waals surface area contributed by atoms with Crippen molar-refractivity contribution in [3.63, 3.8) is 0 Å². The van der Waals surface area contributed by atoms with E-state index >= 15 is 0 Å². The summed E-state index contributed by atoms with van der Waals surface area (Å²) in [6.45, 7) is 2.00. The van der Waals surface area contributed by atoms with Gasteiger partial charge in [0.1, 0.15) is 5.75 Å². The van der Waals surface area contributed by atoms with E-state index in [1.165, 1.54) is 0 Å². The molecule has 5 heteroatoms. The molecular formula is C18H19ClN2O2. The van der Waals surface area contributed by atoms with Gasteiger partial charge in [0, 0.05) is 5.02 Å². The Bertz CT molecular complexity index is 642. The number of carbonyl (C=O) groups excluding carboxylic acids is 1. The van der Waals surface area contributed by atoms with E-state index in [-0.39, 0.29) is 5.91 Å². The molecule has 2 aromatic carbocycles. The minimum atomic E-state index is -0.589. The number of hydrogen-bond donors (Lipinski definition) is 1. The standard InChI is InChI=1S/C18H19ClN2O2/c1-2-6-17(23-16-11-9-15(19)10-12-16)18(22)21-20-13-14-7-4-3-5-8-14/h3-5,7-13,17H,2,6H2,1H3,(H,21,22). The zero-order chi connectivity index (χ0) is 16.5. The van der Waals surface area contributed by atoms with E-state index in [0.717, 1.165) is 12.0 Å². The van der Waals surface area contributed by atoms with E-state index in [0.29, 0.717) is 17.2 Å². The quantitative estimate of drug-likeness (QED) is 0.615. The Hall–Kier alpha value is -2.33. The van der Waals surface area contributed by atoms with Crippen molar-refractivity contribution in [1.29, 1.82) is 0 Å². The Morgan fingerprint density at radius 2 is 1.91 bits per heavy atom. The van der Waals surface area contributed by atoms with Gasteiger partial charge < -0.3 is 4.74 Å². The van der Waals surface area contributed by atoms with E-state index in [1.807, 2.05) is 37.3 Å². The number of amides is 1. The van der Waals surface area contributed by atoms with Gasteiger partial charge >= 0.3 is 0 Å². The number of hydrazone groups is 1. The first-order valence-corrected chi connectivity index (χ1v) is 7.87. The predicted molar refractivity (Wildman–Crippen MR) is 93.0 cm³/mol. The highest BCUT2D eigenvalue weighted by molar-refractivity contribution is 6.30. The van der Waals surface area contributed by atoms with Crippen LogP contribution in [0.25, 0.3) is 0 Å². The summed E-state index contributed by atoms with van der Waals surface area (Å²) < 4.78 is 5.73. The van der Waals surface area contributed by atoms with Gasteiger partial charge in [-0.3, -0.25) is 4.79 Å². The van der Waals surface area contributed by atoms with Gasteiger partial charge in [-0.2, -0.15) is 5.10 Å². The maximum absolute atomic E-state index is 12.2. The minimum Gasteiger partial charge on any atom is -0.481 e. The summed E-state index contributed by atoms with van der Waals surface area (Å²) in [5.41, 5.74) is 3.44. The molecule has 1 N–H and O–H groups in total. The van der Waals surface area contributed by atoms with Crippen molar-refractivity contribution in [3.05, 3.63) is 65.2 Å². The van der Waals surface area contributed by atoms with E-state index in [4.69, 9.17) is 16.3 Å². The van der Waals surface area contributed by atoms with E-state index in [2.05, 4.69) is 10.5 Å². The Kier molecular flexibility index (Phi) is 6.63. The van der Waals surface area contributed by atoms with Crippen LogP contribution in [0.5, 0.6) is 5.75 Å². The highest BCUT2D eigenvalue weighted by Gasteiger charge is 2.19. The van der Waals surface area contributed by atoms with Gasteiger partial charge in [0.2, 0.25) is 0 Å². The molecule has 0 fully saturated rings. The predicted octanol–water partition coefficient (Wildman–Crippen LogP) is 4.04. The summed E-state index contributed by atoms with van der Waals surface area (Å²) in [5.74, 6) is 0.337. The number of benzene rings is 2. The lowest BCUT2D eigenvalue weighted by Crippen LogP contribution is -2.35. The van der Waals surface area contributed by atoms with Crippen molar-refractivity contribution in [2.75, 3.05) is 0 Å². The summed E-state index contributed by atoms with van der Waals surface area (Å²) in [5, 5.41) is 4.60. The third kappa shape index (κ3) is 5.75. The molecule has 0 heterocycles. The number of carbonyl (C=O) groups is 1. The molecule has 1 unspecified atom stereocenters. The second-order valence-electron chi connectivity index (χ2n) is 4.99. The number of halogens is 1. The molecule has 0 spiro atoms. The lowest BCUT2D eigenvalue weighted by Gasteiger charge is -2.16. The van der Waals surface area contributed by atoms with Crippen LogP contribution in [-0.4, -0.2) is 18.2 Å². The normalized spacial score (nSPS) is 12.1. The molecule has 0 aliphatic heterocycles. The van der Waals surface area contributed by atoms with Crippen LogP contribution in [0.15, 0.2) is 59.7 Å². The maximum atomic E-state index is 12.2. The van der Waals surface area contributed by atoms with Gasteiger partial charge in [0.15, 0.2) is 6.10 Å². The molecular weight excluding hydrogens is 312 g/mol. The third-order valence-electron chi connectivity index (χ3n) is 3.12. The first-order valence-electron chi connectivity index (χ1n) is 7.49. The maximum Gasteiger partial charge on any atom is 0.281 e. The molecule has 23 heavy (non-hydrogen) atoms.